The van der Waals surface area contributed by atoms with Gasteiger partial charge in [0.25, 0.3) is 0 Å². The van der Waals surface area contributed by atoms with Gasteiger partial charge in [-0.25, -0.2) is 5.32 Å². The molecule has 0 amide bonds. The molecule has 0 heterocycles. The number of hydrogen-bond donors (Lipinski definition) is 0. The largest absolute Gasteiger partial charge is 0.235 e. The molecule has 0 aromatic heterocycles. The minimum atomic E-state index is 0.447. The molecule has 1 fully saturated rings. The van der Waals surface area contributed by atoms with E-state index in [1.54, 1.807) is 0 Å². The van der Waals surface area contributed by atoms with E-state index in [-0.39, 0.29) is 0 Å². The molecule has 0 unspecified atom stereocenters. The summed E-state index contributed by atoms with van der Waals surface area (Å²) in [6.45, 7) is 5.68. The third-order valence-corrected chi connectivity index (χ3v) is 3.74. The van der Waals surface area contributed by atoms with Crippen LogP contribution in [-0.4, -0.2) is 12.1 Å². The van der Waals surface area contributed by atoms with Crippen LogP contribution in [0.4, 0.5) is 0 Å². The van der Waals surface area contributed by atoms with Gasteiger partial charge in [0.05, 0.1) is 0 Å². The second-order valence-corrected chi connectivity index (χ2v) is 5.12. The van der Waals surface area contributed by atoms with Gasteiger partial charge in [0, 0.05) is 12.1 Å². The van der Waals surface area contributed by atoms with E-state index in [2.05, 4.69) is 13.8 Å². The van der Waals surface area contributed by atoms with E-state index < -0.39 is 0 Å². The number of unbranched alkanes of at least 4 members (excludes halogenated alkanes) is 4. The zero-order valence-electron chi connectivity index (χ0n) is 10.7. The van der Waals surface area contributed by atoms with Crippen LogP contribution in [0, 0.1) is 0 Å². The maximum absolute atomic E-state index is 4.97. The average Bonchev–Trinajstić information content (AvgIpc) is 2.20. The van der Waals surface area contributed by atoms with E-state index in [4.69, 9.17) is 5.32 Å². The molecule has 1 aliphatic rings. The molecular formula is C14H28N. The molecule has 89 valence electrons. The van der Waals surface area contributed by atoms with Gasteiger partial charge < -0.3 is 0 Å². The molecule has 0 aromatic carbocycles. The van der Waals surface area contributed by atoms with E-state index in [0.29, 0.717) is 5.54 Å². The fourth-order valence-electron chi connectivity index (χ4n) is 2.43. The van der Waals surface area contributed by atoms with E-state index in [0.717, 1.165) is 6.54 Å². The summed E-state index contributed by atoms with van der Waals surface area (Å²) >= 11 is 0. The first-order valence-corrected chi connectivity index (χ1v) is 7.01. The normalized spacial score (nSPS) is 18.8. The van der Waals surface area contributed by atoms with Gasteiger partial charge in [0.1, 0.15) is 0 Å². The Morgan fingerprint density at radius 3 is 2.20 bits per heavy atom. The molecule has 1 heteroatoms. The van der Waals surface area contributed by atoms with Gasteiger partial charge in [-0.15, -0.1) is 0 Å². The Morgan fingerprint density at radius 2 is 1.67 bits per heavy atom. The van der Waals surface area contributed by atoms with E-state index in [1.165, 1.54) is 64.2 Å². The Bertz CT molecular complexity index is 149. The molecule has 0 saturated heterocycles. The van der Waals surface area contributed by atoms with Crippen molar-refractivity contribution in [3.8, 4) is 0 Å². The van der Waals surface area contributed by atoms with Gasteiger partial charge in [-0.3, -0.25) is 0 Å². The molecule has 1 radical (unpaired) electrons. The Labute approximate surface area is 96.0 Å². The lowest BCUT2D eigenvalue weighted by atomic mass is 9.73. The Hall–Kier alpha value is -0.0400. The molecule has 1 saturated carbocycles. The third kappa shape index (κ3) is 4.55. The van der Waals surface area contributed by atoms with Crippen LogP contribution in [0.2, 0.25) is 0 Å². The minimum absolute atomic E-state index is 0.447. The van der Waals surface area contributed by atoms with Crippen molar-refractivity contribution in [2.45, 2.75) is 83.6 Å². The summed E-state index contributed by atoms with van der Waals surface area (Å²) in [5.41, 5.74) is 0.447. The van der Waals surface area contributed by atoms with Crippen molar-refractivity contribution in [2.24, 2.45) is 0 Å². The molecule has 0 N–H and O–H groups in total. The van der Waals surface area contributed by atoms with Crippen LogP contribution < -0.4 is 5.32 Å². The van der Waals surface area contributed by atoms with E-state index >= 15 is 0 Å². The minimum Gasteiger partial charge on any atom is -0.235 e. The summed E-state index contributed by atoms with van der Waals surface area (Å²) in [6.07, 6.45) is 13.6. The first-order chi connectivity index (χ1) is 7.33. The lowest BCUT2D eigenvalue weighted by molar-refractivity contribution is 0.160. The van der Waals surface area contributed by atoms with Gasteiger partial charge in [-0.05, 0) is 32.1 Å². The summed E-state index contributed by atoms with van der Waals surface area (Å²) in [5, 5.41) is 4.97. The second-order valence-electron chi connectivity index (χ2n) is 5.12. The van der Waals surface area contributed by atoms with Crippen molar-refractivity contribution in [3.63, 3.8) is 0 Å². The predicted molar refractivity (Wildman–Crippen MR) is 67.3 cm³/mol. The first-order valence-electron chi connectivity index (χ1n) is 7.01. The number of rotatable bonds is 9. The second kappa shape index (κ2) is 7.27. The maximum atomic E-state index is 4.97. The molecular weight excluding hydrogens is 182 g/mol. The highest BCUT2D eigenvalue weighted by Crippen LogP contribution is 2.37. The molecule has 0 bridgehead atoms. The Kier molecular flexibility index (Phi) is 6.31. The molecule has 0 spiro atoms. The summed E-state index contributed by atoms with van der Waals surface area (Å²) in [5.74, 6) is 0. The predicted octanol–water partition coefficient (Wildman–Crippen LogP) is 4.28. The number of hydrogen-bond acceptors (Lipinski definition) is 0. The molecule has 15 heavy (non-hydrogen) atoms. The van der Waals surface area contributed by atoms with Crippen LogP contribution in [-0.2, 0) is 0 Å². The molecule has 0 atom stereocenters. The van der Waals surface area contributed by atoms with Crippen LogP contribution in [0.25, 0.3) is 0 Å². The first kappa shape index (κ1) is 13.0. The van der Waals surface area contributed by atoms with Gasteiger partial charge in [-0.2, -0.15) is 0 Å². The van der Waals surface area contributed by atoms with Crippen molar-refractivity contribution in [2.75, 3.05) is 6.54 Å². The highest BCUT2D eigenvalue weighted by atomic mass is 15.0. The van der Waals surface area contributed by atoms with Crippen LogP contribution >= 0.6 is 0 Å². The van der Waals surface area contributed by atoms with Gasteiger partial charge in [0.2, 0.25) is 0 Å². The Morgan fingerprint density at radius 1 is 0.933 bits per heavy atom. The smallest absolute Gasteiger partial charge is 0.0356 e. The molecule has 0 aliphatic heterocycles. The van der Waals surface area contributed by atoms with Crippen LogP contribution in [0.5, 0.6) is 0 Å². The SMILES string of the molecule is CCCCCC[N]C1(CCCC)CCC1. The van der Waals surface area contributed by atoms with Crippen molar-refractivity contribution in [1.82, 2.24) is 5.32 Å². The van der Waals surface area contributed by atoms with Crippen molar-refractivity contribution in [3.05, 3.63) is 0 Å². The van der Waals surface area contributed by atoms with E-state index in [1.807, 2.05) is 0 Å². The third-order valence-electron chi connectivity index (χ3n) is 3.74. The summed E-state index contributed by atoms with van der Waals surface area (Å²) < 4.78 is 0. The zero-order chi connectivity index (χ0) is 11.0. The lowest BCUT2D eigenvalue weighted by Gasteiger charge is -2.41. The monoisotopic (exact) mass is 210 g/mol. The molecule has 1 nitrogen and oxygen atoms in total. The highest BCUT2D eigenvalue weighted by molar-refractivity contribution is 4.95. The molecule has 1 rings (SSSR count). The highest BCUT2D eigenvalue weighted by Gasteiger charge is 2.36. The van der Waals surface area contributed by atoms with E-state index in [9.17, 15) is 0 Å². The standard InChI is InChI=1S/C14H28N/c1-3-5-7-8-13-15-14(10-6-4-2)11-9-12-14/h3-13H2,1-2H3. The quantitative estimate of drug-likeness (QED) is 0.504. The summed E-state index contributed by atoms with van der Waals surface area (Å²) in [6, 6.07) is 0. The van der Waals surface area contributed by atoms with Crippen LogP contribution in [0.1, 0.15) is 78.1 Å². The van der Waals surface area contributed by atoms with Gasteiger partial charge >= 0.3 is 0 Å². The summed E-state index contributed by atoms with van der Waals surface area (Å²) in [7, 11) is 0. The molecule has 1 aliphatic carbocycles. The average molecular weight is 210 g/mol. The van der Waals surface area contributed by atoms with Crippen LogP contribution in [0.3, 0.4) is 0 Å². The maximum Gasteiger partial charge on any atom is 0.0356 e. The zero-order valence-corrected chi connectivity index (χ0v) is 10.7. The van der Waals surface area contributed by atoms with Gasteiger partial charge in [-0.1, -0.05) is 46.0 Å². The topological polar surface area (TPSA) is 14.1 Å². The lowest BCUT2D eigenvalue weighted by Crippen LogP contribution is -2.46. The molecule has 0 aromatic rings. The Balaban J connectivity index is 2.05. The van der Waals surface area contributed by atoms with Crippen molar-refractivity contribution in [1.29, 1.82) is 0 Å². The number of nitrogens with zero attached hydrogens (tertiary/aromatic N) is 1. The van der Waals surface area contributed by atoms with Crippen molar-refractivity contribution < 1.29 is 0 Å². The van der Waals surface area contributed by atoms with Crippen LogP contribution in [0.15, 0.2) is 0 Å². The fourth-order valence-corrected chi connectivity index (χ4v) is 2.43. The summed E-state index contributed by atoms with van der Waals surface area (Å²) in [4.78, 5) is 0. The van der Waals surface area contributed by atoms with Gasteiger partial charge in [0.15, 0.2) is 0 Å². The van der Waals surface area contributed by atoms with Crippen molar-refractivity contribution >= 4 is 0 Å². The fraction of sp³-hybridized carbons (Fsp3) is 1.00.